The first kappa shape index (κ1) is 15.3. The van der Waals surface area contributed by atoms with E-state index in [-0.39, 0.29) is 21.6 Å². The van der Waals surface area contributed by atoms with Crippen LogP contribution in [0.4, 0.5) is 5.82 Å². The van der Waals surface area contributed by atoms with Crippen molar-refractivity contribution >= 4 is 34.9 Å². The van der Waals surface area contributed by atoms with Gasteiger partial charge in [0.2, 0.25) is 0 Å². The smallest absolute Gasteiger partial charge is 0.260 e. The Morgan fingerprint density at radius 3 is 2.62 bits per heavy atom. The van der Waals surface area contributed by atoms with E-state index in [9.17, 15) is 4.79 Å². The molecule has 0 aliphatic rings. The summed E-state index contributed by atoms with van der Waals surface area (Å²) in [6.07, 6.45) is 1.20. The van der Waals surface area contributed by atoms with Crippen LogP contribution in [0, 0.1) is 0 Å². The van der Waals surface area contributed by atoms with Gasteiger partial charge in [0, 0.05) is 0 Å². The SMILES string of the molecule is COc1ccc(OC)c(C(=O)Nc2ncnc(Cl)c2Cl)c1. The van der Waals surface area contributed by atoms with E-state index in [4.69, 9.17) is 32.7 Å². The van der Waals surface area contributed by atoms with Crippen molar-refractivity contribution in [1.29, 1.82) is 0 Å². The molecule has 1 aromatic heterocycles. The molecule has 1 amide bonds. The molecule has 0 aliphatic heterocycles. The van der Waals surface area contributed by atoms with Crippen LogP contribution in [0.5, 0.6) is 11.5 Å². The maximum Gasteiger partial charge on any atom is 0.260 e. The predicted molar refractivity (Wildman–Crippen MR) is 79.6 cm³/mol. The lowest BCUT2D eigenvalue weighted by Crippen LogP contribution is -2.15. The van der Waals surface area contributed by atoms with Crippen LogP contribution in [0.25, 0.3) is 0 Å². The molecular formula is C13H11Cl2N3O3. The molecule has 0 spiro atoms. The number of ether oxygens (including phenoxy) is 2. The quantitative estimate of drug-likeness (QED) is 0.873. The van der Waals surface area contributed by atoms with Gasteiger partial charge < -0.3 is 14.8 Å². The topological polar surface area (TPSA) is 73.3 Å². The van der Waals surface area contributed by atoms with Gasteiger partial charge in [-0.2, -0.15) is 0 Å². The number of carbonyl (C=O) groups excluding carboxylic acids is 1. The van der Waals surface area contributed by atoms with Crippen molar-refractivity contribution in [2.75, 3.05) is 19.5 Å². The summed E-state index contributed by atoms with van der Waals surface area (Å²) in [4.78, 5) is 19.9. The average Bonchev–Trinajstić information content (AvgIpc) is 2.51. The summed E-state index contributed by atoms with van der Waals surface area (Å²) in [6.45, 7) is 0. The molecule has 2 aromatic rings. The van der Waals surface area contributed by atoms with Crippen LogP contribution in [-0.4, -0.2) is 30.1 Å². The maximum absolute atomic E-state index is 12.3. The van der Waals surface area contributed by atoms with Crippen molar-refractivity contribution in [2.45, 2.75) is 0 Å². The number of benzene rings is 1. The molecule has 0 bridgehead atoms. The molecule has 0 unspecified atom stereocenters. The van der Waals surface area contributed by atoms with Gasteiger partial charge in [0.1, 0.15) is 22.8 Å². The first-order valence-electron chi connectivity index (χ1n) is 5.76. The molecule has 21 heavy (non-hydrogen) atoms. The maximum atomic E-state index is 12.3. The molecule has 1 aromatic carbocycles. The Morgan fingerprint density at radius 1 is 1.19 bits per heavy atom. The molecule has 1 heterocycles. The highest BCUT2D eigenvalue weighted by molar-refractivity contribution is 6.43. The summed E-state index contributed by atoms with van der Waals surface area (Å²) in [5.41, 5.74) is 0.280. The Hall–Kier alpha value is -2.05. The second kappa shape index (κ2) is 6.60. The third-order valence-corrected chi connectivity index (χ3v) is 3.37. The number of nitrogens with zero attached hydrogens (tertiary/aromatic N) is 2. The molecule has 0 aliphatic carbocycles. The lowest BCUT2D eigenvalue weighted by atomic mass is 10.1. The zero-order valence-corrected chi connectivity index (χ0v) is 12.7. The Bertz CT molecular complexity index is 680. The van der Waals surface area contributed by atoms with Crippen LogP contribution in [0.3, 0.4) is 0 Å². The number of anilines is 1. The number of aromatic nitrogens is 2. The fraction of sp³-hybridized carbons (Fsp3) is 0.154. The van der Waals surface area contributed by atoms with Gasteiger partial charge in [0.15, 0.2) is 11.0 Å². The van der Waals surface area contributed by atoms with Gasteiger partial charge >= 0.3 is 0 Å². The number of hydrogen-bond acceptors (Lipinski definition) is 5. The van der Waals surface area contributed by atoms with Crippen molar-refractivity contribution in [3.05, 3.63) is 40.3 Å². The van der Waals surface area contributed by atoms with Gasteiger partial charge in [-0.05, 0) is 18.2 Å². The summed E-state index contributed by atoms with van der Waals surface area (Å²) in [7, 11) is 2.97. The molecule has 0 atom stereocenters. The van der Waals surface area contributed by atoms with Crippen molar-refractivity contribution in [3.8, 4) is 11.5 Å². The normalized spacial score (nSPS) is 10.1. The minimum absolute atomic E-state index is 0.0552. The van der Waals surface area contributed by atoms with E-state index in [1.54, 1.807) is 18.2 Å². The Morgan fingerprint density at radius 2 is 1.95 bits per heavy atom. The molecule has 110 valence electrons. The molecule has 0 saturated carbocycles. The highest BCUT2D eigenvalue weighted by Crippen LogP contribution is 2.28. The van der Waals surface area contributed by atoms with E-state index in [2.05, 4.69) is 15.3 Å². The summed E-state index contributed by atoms with van der Waals surface area (Å²) < 4.78 is 10.2. The zero-order chi connectivity index (χ0) is 15.4. The van der Waals surface area contributed by atoms with Crippen LogP contribution < -0.4 is 14.8 Å². The van der Waals surface area contributed by atoms with Crippen molar-refractivity contribution < 1.29 is 14.3 Å². The zero-order valence-electron chi connectivity index (χ0n) is 11.2. The number of rotatable bonds is 4. The van der Waals surface area contributed by atoms with Crippen LogP contribution in [-0.2, 0) is 0 Å². The second-order valence-corrected chi connectivity index (χ2v) is 4.58. The molecular weight excluding hydrogens is 317 g/mol. The van der Waals surface area contributed by atoms with Crippen molar-refractivity contribution in [3.63, 3.8) is 0 Å². The van der Waals surface area contributed by atoms with E-state index in [0.717, 1.165) is 0 Å². The van der Waals surface area contributed by atoms with Gasteiger partial charge in [-0.1, -0.05) is 23.2 Å². The van der Waals surface area contributed by atoms with E-state index >= 15 is 0 Å². The number of amides is 1. The highest BCUT2D eigenvalue weighted by atomic mass is 35.5. The van der Waals surface area contributed by atoms with Crippen LogP contribution in [0.15, 0.2) is 24.5 Å². The van der Waals surface area contributed by atoms with Gasteiger partial charge in [-0.15, -0.1) is 0 Å². The molecule has 1 N–H and O–H groups in total. The minimum Gasteiger partial charge on any atom is -0.497 e. The number of methoxy groups -OCH3 is 2. The molecule has 8 heteroatoms. The standard InChI is InChI=1S/C13H11Cl2N3O3/c1-20-7-3-4-9(21-2)8(5-7)13(19)18-12-10(14)11(15)16-6-17-12/h3-6H,1-2H3,(H,16,17,18,19). The van der Waals surface area contributed by atoms with E-state index in [1.165, 1.54) is 20.5 Å². The summed E-state index contributed by atoms with van der Waals surface area (Å²) >= 11 is 11.7. The molecule has 0 fully saturated rings. The van der Waals surface area contributed by atoms with Crippen LogP contribution in [0.2, 0.25) is 10.2 Å². The van der Waals surface area contributed by atoms with Crippen molar-refractivity contribution in [1.82, 2.24) is 9.97 Å². The highest BCUT2D eigenvalue weighted by Gasteiger charge is 2.17. The lowest BCUT2D eigenvalue weighted by Gasteiger charge is -2.11. The Kier molecular flexibility index (Phi) is 4.82. The molecule has 0 radical (unpaired) electrons. The fourth-order valence-electron chi connectivity index (χ4n) is 1.60. The number of nitrogens with one attached hydrogen (secondary N) is 1. The van der Waals surface area contributed by atoms with Crippen molar-refractivity contribution in [2.24, 2.45) is 0 Å². The summed E-state index contributed by atoms with van der Waals surface area (Å²) in [5.74, 6) is 0.575. The first-order chi connectivity index (χ1) is 10.1. The van der Waals surface area contributed by atoms with Gasteiger partial charge in [-0.3, -0.25) is 4.79 Å². The summed E-state index contributed by atoms with van der Waals surface area (Å²) in [6, 6.07) is 4.86. The van der Waals surface area contributed by atoms with Gasteiger partial charge in [0.05, 0.1) is 19.8 Å². The molecule has 0 saturated heterocycles. The number of halogens is 2. The Balaban J connectivity index is 2.34. The Labute approximate surface area is 131 Å². The third-order valence-electron chi connectivity index (χ3n) is 2.63. The lowest BCUT2D eigenvalue weighted by molar-refractivity contribution is 0.102. The monoisotopic (exact) mass is 327 g/mol. The third kappa shape index (κ3) is 3.34. The summed E-state index contributed by atoms with van der Waals surface area (Å²) in [5, 5.41) is 2.67. The average molecular weight is 328 g/mol. The van der Waals surface area contributed by atoms with E-state index in [1.807, 2.05) is 0 Å². The van der Waals surface area contributed by atoms with E-state index in [0.29, 0.717) is 11.5 Å². The van der Waals surface area contributed by atoms with Crippen LogP contribution in [0.1, 0.15) is 10.4 Å². The second-order valence-electron chi connectivity index (χ2n) is 3.85. The largest absolute Gasteiger partial charge is 0.497 e. The van der Waals surface area contributed by atoms with Gasteiger partial charge in [-0.25, -0.2) is 9.97 Å². The minimum atomic E-state index is -0.456. The number of carbonyl (C=O) groups is 1. The molecule has 6 nitrogen and oxygen atoms in total. The van der Waals surface area contributed by atoms with E-state index < -0.39 is 5.91 Å². The number of hydrogen-bond donors (Lipinski definition) is 1. The fourth-order valence-corrected chi connectivity index (χ4v) is 1.88. The molecule has 2 rings (SSSR count). The first-order valence-corrected chi connectivity index (χ1v) is 6.51. The van der Waals surface area contributed by atoms with Gasteiger partial charge in [0.25, 0.3) is 5.91 Å². The predicted octanol–water partition coefficient (Wildman–Crippen LogP) is 3.05. The van der Waals surface area contributed by atoms with Crippen LogP contribution >= 0.6 is 23.2 Å².